The van der Waals surface area contributed by atoms with Crippen molar-refractivity contribution in [3.8, 4) is 23.3 Å². The lowest BCUT2D eigenvalue weighted by atomic mass is 10.5. The highest BCUT2D eigenvalue weighted by Gasteiger charge is 2.06. The van der Waals surface area contributed by atoms with Crippen molar-refractivity contribution in [2.24, 2.45) is 0 Å². The van der Waals surface area contributed by atoms with E-state index in [9.17, 15) is 0 Å². The average molecular weight is 206 g/mol. The van der Waals surface area contributed by atoms with Crippen molar-refractivity contribution in [2.45, 2.75) is 26.6 Å². The second-order valence-corrected chi connectivity index (χ2v) is 8.56. The first kappa shape index (κ1) is 13.0. The maximum atomic E-state index is 5.06. The van der Waals surface area contributed by atoms with Gasteiger partial charge in [-0.05, 0) is 19.1 Å². The van der Waals surface area contributed by atoms with E-state index < -0.39 is 8.07 Å². The molecular formula is C12H18OSi. The van der Waals surface area contributed by atoms with Gasteiger partial charge in [0.15, 0.2) is 0 Å². The van der Waals surface area contributed by atoms with Crippen molar-refractivity contribution in [2.75, 3.05) is 13.2 Å². The molecule has 0 aliphatic heterocycles. The number of hydrogen-bond donors (Lipinski definition) is 0. The van der Waals surface area contributed by atoms with Crippen LogP contribution >= 0.6 is 0 Å². The highest BCUT2D eigenvalue weighted by molar-refractivity contribution is 6.83. The molecule has 0 aromatic carbocycles. The molecule has 0 unspecified atom stereocenters. The lowest BCUT2D eigenvalue weighted by Gasteiger charge is -2.01. The van der Waals surface area contributed by atoms with Crippen molar-refractivity contribution in [3.63, 3.8) is 0 Å². The fourth-order valence-corrected chi connectivity index (χ4v) is 1.11. The lowest BCUT2D eigenvalue weighted by Crippen LogP contribution is -2.16. The minimum atomic E-state index is -1.22. The van der Waals surface area contributed by atoms with Crippen molar-refractivity contribution in [1.82, 2.24) is 0 Å². The van der Waals surface area contributed by atoms with E-state index in [0.29, 0.717) is 13.2 Å². The van der Waals surface area contributed by atoms with Crippen LogP contribution in [0.25, 0.3) is 0 Å². The maximum Gasteiger partial charge on any atom is 0.129 e. The van der Waals surface area contributed by atoms with Crippen molar-refractivity contribution in [3.05, 3.63) is 12.2 Å². The molecule has 76 valence electrons. The van der Waals surface area contributed by atoms with Gasteiger partial charge in [-0.25, -0.2) is 0 Å². The van der Waals surface area contributed by atoms with Crippen LogP contribution in [-0.2, 0) is 4.74 Å². The molecule has 0 amide bonds. The van der Waals surface area contributed by atoms with Crippen LogP contribution in [0, 0.1) is 23.3 Å². The number of rotatable bonds is 2. The van der Waals surface area contributed by atoms with Crippen LogP contribution < -0.4 is 0 Å². The van der Waals surface area contributed by atoms with Gasteiger partial charge in [0.25, 0.3) is 0 Å². The summed E-state index contributed by atoms with van der Waals surface area (Å²) in [4.78, 5) is 0. The summed E-state index contributed by atoms with van der Waals surface area (Å²) in [6, 6.07) is 0. The fraction of sp³-hybridized carbons (Fsp3) is 0.500. The Hall–Kier alpha value is -0.963. The first-order valence-electron chi connectivity index (χ1n) is 4.80. The van der Waals surface area contributed by atoms with Gasteiger partial charge in [-0.2, -0.15) is 0 Å². The van der Waals surface area contributed by atoms with Gasteiger partial charge < -0.3 is 4.74 Å². The summed E-state index contributed by atoms with van der Waals surface area (Å²) in [6.07, 6.45) is 3.57. The Morgan fingerprint density at radius 1 is 1.14 bits per heavy atom. The Morgan fingerprint density at radius 3 is 2.36 bits per heavy atom. The third-order valence-electron chi connectivity index (χ3n) is 1.18. The summed E-state index contributed by atoms with van der Waals surface area (Å²) >= 11 is 0. The van der Waals surface area contributed by atoms with Crippen molar-refractivity contribution in [1.29, 1.82) is 0 Å². The molecule has 0 N–H and O–H groups in total. The number of allylic oxidation sites excluding steroid dienone is 2. The first-order chi connectivity index (χ1) is 6.56. The van der Waals surface area contributed by atoms with E-state index >= 15 is 0 Å². The van der Waals surface area contributed by atoms with Gasteiger partial charge in [-0.15, -0.1) is 5.54 Å². The molecule has 1 nitrogen and oxygen atoms in total. The van der Waals surface area contributed by atoms with Gasteiger partial charge >= 0.3 is 0 Å². The first-order valence-corrected chi connectivity index (χ1v) is 8.30. The molecule has 0 radical (unpaired) electrons. The molecule has 0 aromatic heterocycles. The molecule has 2 heteroatoms. The molecule has 0 saturated heterocycles. The summed E-state index contributed by atoms with van der Waals surface area (Å²) in [5.74, 6) is 8.74. The molecule has 0 aliphatic rings. The van der Waals surface area contributed by atoms with Gasteiger partial charge in [0.2, 0.25) is 0 Å². The predicted molar refractivity (Wildman–Crippen MR) is 64.5 cm³/mol. The number of ether oxygens (including phenoxy) is 1. The Morgan fingerprint density at radius 2 is 1.79 bits per heavy atom. The summed E-state index contributed by atoms with van der Waals surface area (Å²) in [5.41, 5.74) is 3.23. The molecule has 0 aromatic rings. The van der Waals surface area contributed by atoms with E-state index in [2.05, 4.69) is 42.9 Å². The Balaban J connectivity index is 3.81. The minimum absolute atomic E-state index is 0.502. The smallest absolute Gasteiger partial charge is 0.129 e. The largest absolute Gasteiger partial charge is 0.369 e. The van der Waals surface area contributed by atoms with Gasteiger partial charge in [0.05, 0.1) is 0 Å². The summed E-state index contributed by atoms with van der Waals surface area (Å²) in [5, 5.41) is 0. The highest BCUT2D eigenvalue weighted by Crippen LogP contribution is 1.95. The third-order valence-corrected chi connectivity index (χ3v) is 2.07. The standard InChI is InChI=1S/C12H18OSi/c1-5-13-11-9-7-6-8-10-12-14(2,3)4/h6,8H,5,11H2,1-4H3/b8-6+. The SMILES string of the molecule is CCOCC#C/C=C/C#C[Si](C)(C)C. The van der Waals surface area contributed by atoms with Crippen LogP contribution in [0.5, 0.6) is 0 Å². The number of hydrogen-bond acceptors (Lipinski definition) is 1. The average Bonchev–Trinajstić information content (AvgIpc) is 2.08. The van der Waals surface area contributed by atoms with Crippen LogP contribution in [0.4, 0.5) is 0 Å². The van der Waals surface area contributed by atoms with Crippen LogP contribution in [0.3, 0.4) is 0 Å². The van der Waals surface area contributed by atoms with Gasteiger partial charge in [-0.3, -0.25) is 0 Å². The van der Waals surface area contributed by atoms with Crippen molar-refractivity contribution >= 4 is 8.07 Å². The minimum Gasteiger partial charge on any atom is -0.369 e. The zero-order valence-corrected chi connectivity index (χ0v) is 10.5. The molecule has 0 aliphatic carbocycles. The Bertz CT molecular complexity index is 288. The van der Waals surface area contributed by atoms with Crippen molar-refractivity contribution < 1.29 is 4.74 Å². The van der Waals surface area contributed by atoms with Crippen LogP contribution in [0.2, 0.25) is 19.6 Å². The van der Waals surface area contributed by atoms with Gasteiger partial charge in [0, 0.05) is 6.61 Å². The second-order valence-electron chi connectivity index (χ2n) is 3.81. The van der Waals surface area contributed by atoms with E-state index in [1.807, 2.05) is 6.92 Å². The molecule has 14 heavy (non-hydrogen) atoms. The molecule has 0 bridgehead atoms. The highest BCUT2D eigenvalue weighted by atomic mass is 28.3. The summed E-state index contributed by atoms with van der Waals surface area (Å²) in [7, 11) is -1.22. The molecule has 0 saturated carbocycles. The van der Waals surface area contributed by atoms with E-state index in [4.69, 9.17) is 4.74 Å². The Kier molecular flexibility index (Phi) is 6.93. The third kappa shape index (κ3) is 11.0. The molecular weight excluding hydrogens is 188 g/mol. The molecule has 0 fully saturated rings. The zero-order chi connectivity index (χ0) is 10.9. The zero-order valence-electron chi connectivity index (χ0n) is 9.48. The normalized spacial score (nSPS) is 10.3. The Labute approximate surface area is 88.6 Å². The van der Waals surface area contributed by atoms with E-state index in [1.54, 1.807) is 12.2 Å². The molecule has 0 atom stereocenters. The molecule has 0 rings (SSSR count). The fourth-order valence-electron chi connectivity index (χ4n) is 0.595. The van der Waals surface area contributed by atoms with Crippen LogP contribution in [0.15, 0.2) is 12.2 Å². The lowest BCUT2D eigenvalue weighted by molar-refractivity contribution is 0.182. The summed E-state index contributed by atoms with van der Waals surface area (Å²) < 4.78 is 5.06. The quantitative estimate of drug-likeness (QED) is 0.383. The van der Waals surface area contributed by atoms with Crippen LogP contribution in [0.1, 0.15) is 6.92 Å². The predicted octanol–water partition coefficient (Wildman–Crippen LogP) is 2.46. The van der Waals surface area contributed by atoms with Gasteiger partial charge in [0.1, 0.15) is 14.7 Å². The monoisotopic (exact) mass is 206 g/mol. The van der Waals surface area contributed by atoms with E-state index in [-0.39, 0.29) is 0 Å². The summed E-state index contributed by atoms with van der Waals surface area (Å²) in [6.45, 7) is 9.82. The molecule has 0 spiro atoms. The second kappa shape index (κ2) is 7.44. The molecule has 0 heterocycles. The topological polar surface area (TPSA) is 9.23 Å². The van der Waals surface area contributed by atoms with Gasteiger partial charge in [-0.1, -0.05) is 37.4 Å². The van der Waals surface area contributed by atoms with E-state index in [0.717, 1.165) is 0 Å². The van der Waals surface area contributed by atoms with Crippen LogP contribution in [-0.4, -0.2) is 21.3 Å². The maximum absolute atomic E-state index is 5.06. The van der Waals surface area contributed by atoms with E-state index in [1.165, 1.54) is 0 Å².